The quantitative estimate of drug-likeness (QED) is 0.478. The van der Waals surface area contributed by atoms with Crippen LogP contribution < -0.4 is 5.73 Å². The zero-order valence-electron chi connectivity index (χ0n) is 5.00. The normalized spacial score (nSPS) is 19.0. The van der Waals surface area contributed by atoms with Crippen LogP contribution in [0.4, 0.5) is 0 Å². The van der Waals surface area contributed by atoms with Crippen molar-refractivity contribution < 1.29 is 9.63 Å². The predicted octanol–water partition coefficient (Wildman–Crippen LogP) is -1.30. The van der Waals surface area contributed by atoms with Crippen LogP contribution in [0.1, 0.15) is 0 Å². The van der Waals surface area contributed by atoms with Gasteiger partial charge in [0.15, 0.2) is 0 Å². The van der Waals surface area contributed by atoms with E-state index in [-0.39, 0.29) is 5.90 Å². The molecule has 0 saturated carbocycles. The molecule has 1 rings (SSSR count). The molecular formula is C4H7N3O2. The second kappa shape index (κ2) is 2.02. The molecule has 1 heterocycles. The molecule has 0 fully saturated rings. The third-order valence-corrected chi connectivity index (χ3v) is 0.867. The Hall–Kier alpha value is -1.10. The lowest BCUT2D eigenvalue weighted by atomic mass is 10.6. The summed E-state index contributed by atoms with van der Waals surface area (Å²) < 4.78 is 0. The maximum absolute atomic E-state index is 10.3. The minimum Gasteiger partial charge on any atom is -0.378 e. The summed E-state index contributed by atoms with van der Waals surface area (Å²) in [6.45, 7) is 0.373. The Morgan fingerprint density at radius 3 is 2.89 bits per heavy atom. The first-order valence-corrected chi connectivity index (χ1v) is 2.43. The van der Waals surface area contributed by atoms with Gasteiger partial charge < -0.3 is 10.6 Å². The van der Waals surface area contributed by atoms with Gasteiger partial charge in [-0.2, -0.15) is 0 Å². The zero-order chi connectivity index (χ0) is 6.85. The number of hydrogen-bond donors (Lipinski definition) is 1. The first-order chi connectivity index (χ1) is 4.20. The number of carbonyl (C=O) groups is 1. The van der Waals surface area contributed by atoms with Crippen LogP contribution in [0, 0.1) is 0 Å². The molecule has 0 saturated heterocycles. The van der Waals surface area contributed by atoms with E-state index in [1.54, 1.807) is 7.05 Å². The van der Waals surface area contributed by atoms with Gasteiger partial charge in [-0.05, 0) is 0 Å². The van der Waals surface area contributed by atoms with Crippen LogP contribution in [0.15, 0.2) is 4.99 Å². The van der Waals surface area contributed by atoms with Gasteiger partial charge in [0.1, 0.15) is 6.67 Å². The van der Waals surface area contributed by atoms with Crippen LogP contribution in [0.5, 0.6) is 0 Å². The van der Waals surface area contributed by atoms with E-state index in [0.717, 1.165) is 0 Å². The minimum absolute atomic E-state index is 0.0162. The fraction of sp³-hybridized carbons (Fsp3) is 0.500. The molecule has 0 radical (unpaired) electrons. The summed E-state index contributed by atoms with van der Waals surface area (Å²) >= 11 is 0. The molecule has 0 spiro atoms. The highest BCUT2D eigenvalue weighted by Gasteiger charge is 2.17. The number of hydrogen-bond acceptors (Lipinski definition) is 4. The number of nitrogens with two attached hydrogens (primary N) is 1. The van der Waals surface area contributed by atoms with Gasteiger partial charge in [0, 0.05) is 7.05 Å². The molecule has 0 atom stereocenters. The smallest absolute Gasteiger partial charge is 0.306 e. The van der Waals surface area contributed by atoms with Crippen LogP contribution in [-0.4, -0.2) is 30.6 Å². The summed E-state index contributed by atoms with van der Waals surface area (Å²) in [4.78, 5) is 18.7. The largest absolute Gasteiger partial charge is 0.378 e. The maximum atomic E-state index is 10.3. The summed E-state index contributed by atoms with van der Waals surface area (Å²) in [7, 11) is 1.67. The van der Waals surface area contributed by atoms with E-state index in [4.69, 9.17) is 10.6 Å². The lowest BCUT2D eigenvalue weighted by Crippen LogP contribution is -2.26. The molecule has 0 aliphatic carbocycles. The maximum Gasteiger partial charge on any atom is 0.306 e. The Kier molecular flexibility index (Phi) is 1.35. The number of nitrogens with zero attached hydrogens (tertiary/aromatic N) is 2. The molecule has 5 heteroatoms. The molecule has 5 nitrogen and oxygen atoms in total. The Labute approximate surface area is 52.1 Å². The summed E-state index contributed by atoms with van der Waals surface area (Å²) in [6.07, 6.45) is 0. The second-order valence-corrected chi connectivity index (χ2v) is 1.69. The molecule has 0 aromatic carbocycles. The van der Waals surface area contributed by atoms with Gasteiger partial charge in [0.05, 0.1) is 0 Å². The number of rotatable bonds is 1. The van der Waals surface area contributed by atoms with Gasteiger partial charge in [-0.15, -0.1) is 5.06 Å². The van der Waals surface area contributed by atoms with E-state index in [1.165, 1.54) is 5.06 Å². The summed E-state index contributed by atoms with van der Waals surface area (Å²) in [5, 5.41) is 1.42. The second-order valence-electron chi connectivity index (χ2n) is 1.69. The van der Waals surface area contributed by atoms with Gasteiger partial charge in [-0.3, -0.25) is 4.79 Å². The van der Waals surface area contributed by atoms with Gasteiger partial charge in [-0.1, -0.05) is 0 Å². The monoisotopic (exact) mass is 129 g/mol. The van der Waals surface area contributed by atoms with Crippen LogP contribution in [0.3, 0.4) is 0 Å². The highest BCUT2D eigenvalue weighted by atomic mass is 16.7. The molecule has 9 heavy (non-hydrogen) atoms. The average molecular weight is 129 g/mol. The molecule has 50 valence electrons. The summed E-state index contributed by atoms with van der Waals surface area (Å²) in [5.41, 5.74) is 4.84. The van der Waals surface area contributed by atoms with Crippen molar-refractivity contribution in [1.82, 2.24) is 5.06 Å². The molecule has 0 aromatic rings. The highest BCUT2D eigenvalue weighted by Crippen LogP contribution is 1.97. The minimum atomic E-state index is -0.626. The van der Waals surface area contributed by atoms with Crippen molar-refractivity contribution in [2.45, 2.75) is 0 Å². The van der Waals surface area contributed by atoms with Gasteiger partial charge >= 0.3 is 5.91 Å². The van der Waals surface area contributed by atoms with Crippen LogP contribution in [0.2, 0.25) is 0 Å². The molecule has 1 aliphatic rings. The molecule has 1 aliphatic heterocycles. The SMILES string of the molecule is CN1CN=C(C(N)=O)O1. The lowest BCUT2D eigenvalue weighted by Gasteiger charge is -2.03. The fourth-order valence-corrected chi connectivity index (χ4v) is 0.492. The number of amides is 1. The van der Waals surface area contributed by atoms with Crippen molar-refractivity contribution in [2.24, 2.45) is 10.7 Å². The van der Waals surface area contributed by atoms with Crippen LogP contribution in [0.25, 0.3) is 0 Å². The number of carbonyl (C=O) groups excluding carboxylic acids is 1. The fourth-order valence-electron chi connectivity index (χ4n) is 0.492. The lowest BCUT2D eigenvalue weighted by molar-refractivity contribution is -0.116. The van der Waals surface area contributed by atoms with Crippen molar-refractivity contribution in [3.8, 4) is 0 Å². The predicted molar refractivity (Wildman–Crippen MR) is 30.3 cm³/mol. The highest BCUT2D eigenvalue weighted by molar-refractivity contribution is 6.34. The van der Waals surface area contributed by atoms with E-state index >= 15 is 0 Å². The van der Waals surface area contributed by atoms with Gasteiger partial charge in [0.25, 0.3) is 5.90 Å². The van der Waals surface area contributed by atoms with E-state index < -0.39 is 5.91 Å². The number of hydroxylamine groups is 2. The van der Waals surface area contributed by atoms with Crippen LogP contribution >= 0.6 is 0 Å². The first kappa shape index (κ1) is 6.03. The van der Waals surface area contributed by atoms with Crippen LogP contribution in [-0.2, 0) is 9.63 Å². The third kappa shape index (κ3) is 1.17. The molecule has 1 amide bonds. The van der Waals surface area contributed by atoms with Crippen molar-refractivity contribution in [2.75, 3.05) is 13.7 Å². The van der Waals surface area contributed by atoms with Crippen molar-refractivity contribution in [3.63, 3.8) is 0 Å². The van der Waals surface area contributed by atoms with Gasteiger partial charge in [0.2, 0.25) is 0 Å². The summed E-state index contributed by atoms with van der Waals surface area (Å²) in [5.74, 6) is -0.642. The average Bonchev–Trinajstić information content (AvgIpc) is 2.14. The van der Waals surface area contributed by atoms with Gasteiger partial charge in [-0.25, -0.2) is 4.99 Å². The zero-order valence-corrected chi connectivity index (χ0v) is 5.00. The Morgan fingerprint density at radius 1 is 2.00 bits per heavy atom. The standard InChI is InChI=1S/C4H7N3O2/c1-7-2-6-4(9-7)3(5)8/h2H2,1H3,(H2,5,8). The molecule has 0 aromatic heterocycles. The molecule has 2 N–H and O–H groups in total. The van der Waals surface area contributed by atoms with Crippen molar-refractivity contribution in [3.05, 3.63) is 0 Å². The Balaban J connectivity index is 2.55. The van der Waals surface area contributed by atoms with Crippen molar-refractivity contribution >= 4 is 11.8 Å². The van der Waals surface area contributed by atoms with E-state index in [0.29, 0.717) is 6.67 Å². The number of aliphatic imine (C=N–C) groups is 1. The van der Waals surface area contributed by atoms with E-state index in [9.17, 15) is 4.79 Å². The first-order valence-electron chi connectivity index (χ1n) is 2.43. The molecule has 0 bridgehead atoms. The molecule has 0 unspecified atom stereocenters. The number of primary amides is 1. The van der Waals surface area contributed by atoms with E-state index in [1.807, 2.05) is 0 Å². The Bertz CT molecular complexity index is 165. The summed E-state index contributed by atoms with van der Waals surface area (Å²) in [6, 6.07) is 0. The Morgan fingerprint density at radius 2 is 2.67 bits per heavy atom. The topological polar surface area (TPSA) is 67.9 Å². The molecular weight excluding hydrogens is 122 g/mol. The van der Waals surface area contributed by atoms with Crippen molar-refractivity contribution in [1.29, 1.82) is 0 Å². The third-order valence-electron chi connectivity index (χ3n) is 0.867. The van der Waals surface area contributed by atoms with E-state index in [2.05, 4.69) is 4.99 Å².